The Kier molecular flexibility index (Phi) is 15.5. The van der Waals surface area contributed by atoms with Crippen LogP contribution in [-0.4, -0.2) is 103 Å². The second-order valence-electron chi connectivity index (χ2n) is 18.5. The summed E-state index contributed by atoms with van der Waals surface area (Å²) in [6.07, 6.45) is 13.4. The summed E-state index contributed by atoms with van der Waals surface area (Å²) in [7, 11) is -13.0. The van der Waals surface area contributed by atoms with Crippen LogP contribution in [0.25, 0.3) is 0 Å². The Morgan fingerprint density at radius 3 is 1.96 bits per heavy atom. The Morgan fingerprint density at radius 2 is 1.36 bits per heavy atom. The lowest BCUT2D eigenvalue weighted by molar-refractivity contribution is -0.671. The SMILES string of the molecule is CC1(C)C2=CC(C#Cc3ccc(S(=O)(=O)O)cc3)=CN(CCCS(=O)(=O)O)C2=N/C1=C\C=C\C1=Nc2c(cc(C#Cc3ccc(S(=O)(=O)O)cc3)c[n+]2CC(=O)NCCCCCN2C(=O)CCC2=O)C1(C)C. The maximum absolute atomic E-state index is 13.5. The number of pyridine rings is 1. The van der Waals surface area contributed by atoms with E-state index in [4.69, 9.17) is 9.98 Å². The van der Waals surface area contributed by atoms with Gasteiger partial charge in [0.1, 0.15) is 12.0 Å². The van der Waals surface area contributed by atoms with Crippen LogP contribution in [0.1, 0.15) is 88.5 Å². The molecule has 0 saturated carbocycles. The maximum Gasteiger partial charge on any atom is 0.328 e. The molecule has 18 nitrogen and oxygen atoms in total. The van der Waals surface area contributed by atoms with Crippen LogP contribution in [0.15, 0.2) is 128 Å². The summed E-state index contributed by atoms with van der Waals surface area (Å²) in [6, 6.07) is 12.8. The summed E-state index contributed by atoms with van der Waals surface area (Å²) in [5, 5.41) is 2.96. The van der Waals surface area contributed by atoms with E-state index in [0.29, 0.717) is 77.7 Å². The van der Waals surface area contributed by atoms with Crippen LogP contribution in [0, 0.1) is 29.1 Å². The van der Waals surface area contributed by atoms with Gasteiger partial charge in [0.2, 0.25) is 11.8 Å². The van der Waals surface area contributed by atoms with Gasteiger partial charge < -0.3 is 10.2 Å². The number of hydrogen-bond donors (Lipinski definition) is 4. The number of allylic oxidation sites excluding steroid dienone is 6. The highest BCUT2D eigenvalue weighted by molar-refractivity contribution is 7.86. The predicted molar refractivity (Wildman–Crippen MR) is 267 cm³/mol. The number of nitrogens with zero attached hydrogens (tertiary/aromatic N) is 5. The first-order chi connectivity index (χ1) is 33.8. The van der Waals surface area contributed by atoms with E-state index < -0.39 is 46.9 Å². The number of carbonyl (C=O) groups excluding carboxylic acids is 3. The lowest BCUT2D eigenvalue weighted by Crippen LogP contribution is -2.44. The van der Waals surface area contributed by atoms with E-state index in [0.717, 1.165) is 11.1 Å². The molecule has 376 valence electrons. The van der Waals surface area contributed by atoms with Crippen LogP contribution in [0.4, 0.5) is 5.82 Å². The van der Waals surface area contributed by atoms with Crippen molar-refractivity contribution in [3.8, 4) is 23.7 Å². The molecule has 0 bridgehead atoms. The molecule has 0 radical (unpaired) electrons. The fourth-order valence-corrected chi connectivity index (χ4v) is 9.85. The number of fused-ring (bicyclic) bond motifs is 2. The molecule has 3 amide bonds. The van der Waals surface area contributed by atoms with Gasteiger partial charge in [0.25, 0.3) is 36.3 Å². The molecule has 2 aromatic carbocycles. The average Bonchev–Trinajstić information content (AvgIpc) is 3.86. The first-order valence-electron chi connectivity index (χ1n) is 22.9. The molecular formula is C51H53N6O12S3+. The van der Waals surface area contributed by atoms with E-state index in [1.807, 2.05) is 58.1 Å². The predicted octanol–water partition coefficient (Wildman–Crippen LogP) is 5.00. The number of amidine groups is 1. The number of aliphatic imine (C=N–C) groups is 2. The van der Waals surface area contributed by atoms with Gasteiger partial charge in [-0.25, -0.2) is 9.56 Å². The van der Waals surface area contributed by atoms with Gasteiger partial charge in [0, 0.05) is 66.4 Å². The Bertz CT molecular complexity index is 3390. The molecule has 4 aliphatic rings. The minimum atomic E-state index is -4.39. The van der Waals surface area contributed by atoms with Crippen LogP contribution >= 0.6 is 0 Å². The molecule has 4 N–H and O–H groups in total. The van der Waals surface area contributed by atoms with Gasteiger partial charge in [-0.3, -0.25) is 32.9 Å². The van der Waals surface area contributed by atoms with Crippen molar-refractivity contribution < 1.29 is 57.9 Å². The molecule has 1 aromatic heterocycles. The molecule has 7 rings (SSSR count). The van der Waals surface area contributed by atoms with Gasteiger partial charge in [-0.1, -0.05) is 43.6 Å². The third kappa shape index (κ3) is 12.8. The molecule has 1 saturated heterocycles. The molecule has 0 atom stereocenters. The Hall–Kier alpha value is -6.85. The van der Waals surface area contributed by atoms with Gasteiger partial charge >= 0.3 is 5.82 Å². The van der Waals surface area contributed by atoms with Crippen LogP contribution in [0.5, 0.6) is 0 Å². The molecule has 72 heavy (non-hydrogen) atoms. The van der Waals surface area contributed by atoms with E-state index in [1.165, 1.54) is 53.4 Å². The highest BCUT2D eigenvalue weighted by Crippen LogP contribution is 2.45. The zero-order valence-corrected chi connectivity index (χ0v) is 42.4. The lowest BCUT2D eigenvalue weighted by atomic mass is 9.80. The lowest BCUT2D eigenvalue weighted by Gasteiger charge is -2.29. The van der Waals surface area contributed by atoms with E-state index >= 15 is 0 Å². The van der Waals surface area contributed by atoms with Crippen molar-refractivity contribution in [1.29, 1.82) is 0 Å². The molecular weight excluding hydrogens is 985 g/mol. The van der Waals surface area contributed by atoms with Crippen molar-refractivity contribution in [2.45, 2.75) is 88.0 Å². The molecule has 5 heterocycles. The summed E-state index contributed by atoms with van der Waals surface area (Å²) in [5.74, 6) is 12.3. The molecule has 4 aliphatic heterocycles. The minimum Gasteiger partial charge on any atom is -0.353 e. The monoisotopic (exact) mass is 1040 g/mol. The van der Waals surface area contributed by atoms with E-state index in [2.05, 4.69) is 29.0 Å². The number of benzene rings is 2. The smallest absolute Gasteiger partial charge is 0.328 e. The summed E-state index contributed by atoms with van der Waals surface area (Å²) < 4.78 is 99.5. The van der Waals surface area contributed by atoms with Gasteiger partial charge in [0.05, 0.1) is 37.8 Å². The number of nitrogens with one attached hydrogen (secondary N) is 1. The topological polar surface area (TPSA) is 261 Å². The fraction of sp³-hybridized carbons (Fsp3) is 0.333. The number of likely N-dealkylation sites (tertiary alicyclic amines) is 1. The van der Waals surface area contributed by atoms with E-state index in [1.54, 1.807) is 21.9 Å². The molecule has 0 unspecified atom stereocenters. The van der Waals surface area contributed by atoms with Crippen molar-refractivity contribution in [1.82, 2.24) is 15.1 Å². The number of carbonyl (C=O) groups is 3. The number of hydrogen-bond acceptors (Lipinski definition) is 12. The van der Waals surface area contributed by atoms with Crippen LogP contribution in [0.3, 0.4) is 0 Å². The third-order valence-corrected chi connectivity index (χ3v) is 15.0. The van der Waals surface area contributed by atoms with E-state index in [9.17, 15) is 53.3 Å². The highest BCUT2D eigenvalue weighted by Gasteiger charge is 2.44. The normalized spacial score (nSPS) is 17.6. The summed E-state index contributed by atoms with van der Waals surface area (Å²) >= 11 is 0. The Morgan fingerprint density at radius 1 is 0.764 bits per heavy atom. The number of aromatic nitrogens is 1. The molecule has 3 aromatic rings. The largest absolute Gasteiger partial charge is 0.353 e. The number of amides is 3. The summed E-state index contributed by atoms with van der Waals surface area (Å²) in [4.78, 5) is 49.9. The highest BCUT2D eigenvalue weighted by atomic mass is 32.2. The molecule has 21 heteroatoms. The Balaban J connectivity index is 1.13. The molecule has 1 fully saturated rings. The second-order valence-corrected chi connectivity index (χ2v) is 22.9. The Labute approximate surface area is 419 Å². The molecule has 0 spiro atoms. The van der Waals surface area contributed by atoms with Gasteiger partial charge in [-0.2, -0.15) is 25.3 Å². The molecule has 0 aliphatic carbocycles. The average molecular weight is 1040 g/mol. The van der Waals surface area contributed by atoms with Crippen molar-refractivity contribution in [2.75, 3.05) is 25.4 Å². The summed E-state index contributed by atoms with van der Waals surface area (Å²) in [5.41, 5.74) is 3.62. The van der Waals surface area contributed by atoms with Crippen molar-refractivity contribution >= 4 is 65.4 Å². The zero-order chi connectivity index (χ0) is 52.2. The number of imide groups is 1. The summed E-state index contributed by atoms with van der Waals surface area (Å²) in [6.45, 7) is 8.78. The van der Waals surface area contributed by atoms with Gasteiger partial charge in [-0.15, -0.1) is 0 Å². The second kappa shape index (κ2) is 21.1. The van der Waals surface area contributed by atoms with Crippen molar-refractivity contribution in [3.05, 3.63) is 130 Å². The van der Waals surface area contributed by atoms with Gasteiger partial charge in [-0.05, 0) is 117 Å². The standard InChI is InChI=1S/C51H52N6O12S3/c1-50(2)41-30-37(14-12-35-16-20-39(21-17-35)71(64,65)66)32-55(27-9-29-70(61,62)63)48(41)53-43(50)10-8-11-44-51(3,4)42-31-38(15-13-36-18-22-40(23-19-36)72(67,68)69)33-56(49(42)54-44)34-45(58)52-26-6-5-7-28-57-46(59)24-25-47(57)60/h8,10-11,16-23,30-33H,5-7,9,24-29,34H2,1-4H3,(H3-,52,58,61,62,63,64,65,66,67,68,69)/p+1. The first kappa shape index (κ1) is 53.0. The van der Waals surface area contributed by atoms with Crippen molar-refractivity contribution in [2.24, 2.45) is 15.4 Å². The zero-order valence-electron chi connectivity index (χ0n) is 39.9. The maximum atomic E-state index is 13.5. The van der Waals surface area contributed by atoms with Crippen LogP contribution in [-0.2, 0) is 56.7 Å². The van der Waals surface area contributed by atoms with E-state index in [-0.39, 0.29) is 59.9 Å². The number of unbranched alkanes of at least 4 members (excludes halogenated alkanes) is 2. The quantitative estimate of drug-likeness (QED) is 0.0485. The van der Waals surface area contributed by atoms with Crippen molar-refractivity contribution in [3.63, 3.8) is 0 Å². The van der Waals surface area contributed by atoms with Crippen LogP contribution in [0.2, 0.25) is 0 Å². The van der Waals surface area contributed by atoms with Gasteiger partial charge in [0.15, 0.2) is 12.3 Å². The van der Waals surface area contributed by atoms with Crippen LogP contribution < -0.4 is 9.88 Å². The first-order valence-corrected chi connectivity index (χ1v) is 27.4. The number of rotatable bonds is 16. The minimum absolute atomic E-state index is 0.0838. The third-order valence-electron chi connectivity index (χ3n) is 12.5. The fourth-order valence-electron chi connectivity index (χ4n) is 8.39.